The minimum absolute atomic E-state index is 0.283. The minimum Gasteiger partial charge on any atom is -0.497 e. The number of aldehydes is 1. The van der Waals surface area contributed by atoms with Gasteiger partial charge < -0.3 is 18.9 Å². The lowest BCUT2D eigenvalue weighted by Gasteiger charge is -2.38. The fourth-order valence-electron chi connectivity index (χ4n) is 6.92. The lowest BCUT2D eigenvalue weighted by atomic mass is 9.76. The maximum Gasteiger partial charge on any atom is 0.178 e. The molecule has 5 nitrogen and oxygen atoms in total. The summed E-state index contributed by atoms with van der Waals surface area (Å²) in [5.41, 5.74) is 6.94. The number of benzene rings is 5. The van der Waals surface area contributed by atoms with Gasteiger partial charge in [0.05, 0.1) is 26.9 Å². The van der Waals surface area contributed by atoms with E-state index in [0.717, 1.165) is 56.6 Å². The van der Waals surface area contributed by atoms with E-state index in [0.29, 0.717) is 11.3 Å². The summed E-state index contributed by atoms with van der Waals surface area (Å²) in [6, 6.07) is 28.4. The number of hydrogen-bond donors (Lipinski definition) is 0. The molecular formula is C38H32O5. The van der Waals surface area contributed by atoms with Gasteiger partial charge in [-0.2, -0.15) is 0 Å². The quantitative estimate of drug-likeness (QED) is 0.193. The molecule has 43 heavy (non-hydrogen) atoms. The minimum atomic E-state index is -0.955. The molecule has 5 aromatic rings. The van der Waals surface area contributed by atoms with Crippen LogP contribution in [0.3, 0.4) is 0 Å². The highest BCUT2D eigenvalue weighted by Crippen LogP contribution is 2.58. The topological polar surface area (TPSA) is 54.0 Å². The Morgan fingerprint density at radius 2 is 1.37 bits per heavy atom. The van der Waals surface area contributed by atoms with Gasteiger partial charge >= 0.3 is 0 Å². The Morgan fingerprint density at radius 3 is 1.95 bits per heavy atom. The van der Waals surface area contributed by atoms with E-state index in [2.05, 4.69) is 50.3 Å². The Hall–Kier alpha value is -5.03. The molecule has 0 unspecified atom stereocenters. The predicted octanol–water partition coefficient (Wildman–Crippen LogP) is 8.33. The van der Waals surface area contributed by atoms with Crippen LogP contribution in [0.1, 0.15) is 52.0 Å². The number of hydrogen-bond acceptors (Lipinski definition) is 5. The first-order valence-electron chi connectivity index (χ1n) is 14.3. The van der Waals surface area contributed by atoms with E-state index in [4.69, 9.17) is 18.9 Å². The van der Waals surface area contributed by atoms with E-state index >= 15 is 0 Å². The summed E-state index contributed by atoms with van der Waals surface area (Å²) in [6.45, 7) is 4.53. The Kier molecular flexibility index (Phi) is 6.10. The largest absolute Gasteiger partial charge is 0.497 e. The maximum absolute atomic E-state index is 12.3. The fourth-order valence-corrected chi connectivity index (χ4v) is 6.92. The smallest absolute Gasteiger partial charge is 0.178 e. The van der Waals surface area contributed by atoms with E-state index in [1.165, 1.54) is 16.7 Å². The van der Waals surface area contributed by atoms with Crippen LogP contribution < -0.4 is 18.9 Å². The van der Waals surface area contributed by atoms with Gasteiger partial charge in [0.15, 0.2) is 11.9 Å². The van der Waals surface area contributed by atoms with Crippen molar-refractivity contribution in [3.05, 3.63) is 124 Å². The summed E-state index contributed by atoms with van der Waals surface area (Å²) < 4.78 is 24.0. The second-order valence-corrected chi connectivity index (χ2v) is 11.5. The molecule has 0 atom stereocenters. The number of carbonyl (C=O) groups is 1. The van der Waals surface area contributed by atoms with Crippen molar-refractivity contribution in [1.82, 2.24) is 0 Å². The van der Waals surface area contributed by atoms with Gasteiger partial charge in [-0.05, 0) is 70.1 Å². The molecule has 1 aliphatic heterocycles. The van der Waals surface area contributed by atoms with Crippen LogP contribution in [0.4, 0.5) is 0 Å². The molecule has 0 fully saturated rings. The van der Waals surface area contributed by atoms with Crippen molar-refractivity contribution < 1.29 is 23.7 Å². The van der Waals surface area contributed by atoms with Crippen molar-refractivity contribution in [1.29, 1.82) is 0 Å². The molecule has 0 N–H and O–H groups in total. The zero-order chi connectivity index (χ0) is 29.9. The Balaban J connectivity index is 1.57. The third kappa shape index (κ3) is 3.81. The van der Waals surface area contributed by atoms with Crippen LogP contribution in [0.15, 0.2) is 91.0 Å². The zero-order valence-corrected chi connectivity index (χ0v) is 24.9. The zero-order valence-electron chi connectivity index (χ0n) is 24.9. The molecule has 7 rings (SSSR count). The molecule has 2 aliphatic rings. The van der Waals surface area contributed by atoms with Gasteiger partial charge in [-0.15, -0.1) is 0 Å². The second kappa shape index (κ2) is 9.77. The van der Waals surface area contributed by atoms with Gasteiger partial charge in [0.2, 0.25) is 0 Å². The molecule has 1 aliphatic carbocycles. The highest BCUT2D eigenvalue weighted by molar-refractivity contribution is 6.10. The third-order valence-electron chi connectivity index (χ3n) is 9.06. The molecule has 0 bridgehead atoms. The molecule has 0 aromatic heterocycles. The van der Waals surface area contributed by atoms with Crippen LogP contribution in [0.25, 0.3) is 28.0 Å². The molecule has 0 radical (unpaired) electrons. The summed E-state index contributed by atoms with van der Waals surface area (Å²) in [7, 11) is 4.92. The highest BCUT2D eigenvalue weighted by atomic mass is 16.5. The van der Waals surface area contributed by atoms with Crippen LogP contribution >= 0.6 is 0 Å². The van der Waals surface area contributed by atoms with Gasteiger partial charge in [-0.25, -0.2) is 0 Å². The summed E-state index contributed by atoms with van der Waals surface area (Å²) in [5, 5.41) is 1.85. The highest BCUT2D eigenvalue weighted by Gasteiger charge is 2.44. The van der Waals surface area contributed by atoms with Gasteiger partial charge in [0.25, 0.3) is 0 Å². The third-order valence-corrected chi connectivity index (χ3v) is 9.06. The van der Waals surface area contributed by atoms with Crippen molar-refractivity contribution in [2.45, 2.75) is 24.9 Å². The molecule has 1 heterocycles. The maximum atomic E-state index is 12.3. The normalized spacial score (nSPS) is 15.2. The van der Waals surface area contributed by atoms with Crippen molar-refractivity contribution in [3.63, 3.8) is 0 Å². The second-order valence-electron chi connectivity index (χ2n) is 11.5. The van der Waals surface area contributed by atoms with Crippen LogP contribution in [0.5, 0.6) is 23.0 Å². The SMILES string of the molecule is COc1ccc(C2(c3ccc(OC)cc3)C=Cc3c4c(c5cc(OC)c(C=O)cc5c3O2)-c2ccccc2C4(C)C)cc1. The molecule has 0 saturated carbocycles. The Bertz CT molecular complexity index is 1880. The van der Waals surface area contributed by atoms with Crippen molar-refractivity contribution >= 4 is 23.1 Å². The molecule has 0 amide bonds. The van der Waals surface area contributed by atoms with Crippen LogP contribution in [0, 0.1) is 0 Å². The molecule has 5 heteroatoms. The average Bonchev–Trinajstić information content (AvgIpc) is 3.30. The molecule has 214 valence electrons. The van der Waals surface area contributed by atoms with E-state index in [-0.39, 0.29) is 5.41 Å². The van der Waals surface area contributed by atoms with Gasteiger partial charge in [-0.1, -0.05) is 68.5 Å². The number of rotatable bonds is 6. The molecule has 0 saturated heterocycles. The van der Waals surface area contributed by atoms with Crippen LogP contribution in [-0.2, 0) is 11.0 Å². The van der Waals surface area contributed by atoms with Crippen molar-refractivity contribution in [3.8, 4) is 34.1 Å². The van der Waals surface area contributed by atoms with E-state index in [1.807, 2.05) is 60.7 Å². The monoisotopic (exact) mass is 568 g/mol. The average molecular weight is 569 g/mol. The summed E-state index contributed by atoms with van der Waals surface area (Å²) in [5.74, 6) is 2.79. The molecule has 0 spiro atoms. The van der Waals surface area contributed by atoms with E-state index < -0.39 is 5.60 Å². The van der Waals surface area contributed by atoms with Gasteiger partial charge in [-0.3, -0.25) is 4.79 Å². The first-order chi connectivity index (χ1) is 20.9. The van der Waals surface area contributed by atoms with Crippen molar-refractivity contribution in [2.24, 2.45) is 0 Å². The lowest BCUT2D eigenvalue weighted by Crippen LogP contribution is -2.35. The first-order valence-corrected chi connectivity index (χ1v) is 14.3. The fraction of sp³-hybridized carbons (Fsp3) is 0.184. The number of methoxy groups -OCH3 is 3. The van der Waals surface area contributed by atoms with Crippen LogP contribution in [-0.4, -0.2) is 27.6 Å². The van der Waals surface area contributed by atoms with Crippen molar-refractivity contribution in [2.75, 3.05) is 21.3 Å². The number of carbonyl (C=O) groups excluding carboxylic acids is 1. The Morgan fingerprint density at radius 1 is 0.744 bits per heavy atom. The molecular weight excluding hydrogens is 536 g/mol. The standard InChI is InChI=1S/C38H32O5/c1-37(2)32-9-7-6-8-28(32)34-30-21-33(42-5)23(22-39)20-31(30)36-29(35(34)37)18-19-38(43-36,24-10-14-26(40-3)15-11-24)25-12-16-27(41-4)17-13-25/h6-22H,1-5H3. The predicted molar refractivity (Wildman–Crippen MR) is 170 cm³/mol. The summed E-state index contributed by atoms with van der Waals surface area (Å²) in [4.78, 5) is 12.3. The van der Waals surface area contributed by atoms with E-state index in [9.17, 15) is 4.79 Å². The van der Waals surface area contributed by atoms with Gasteiger partial charge in [0, 0.05) is 27.5 Å². The van der Waals surface area contributed by atoms with E-state index in [1.54, 1.807) is 21.3 Å². The Labute approximate surface area is 251 Å². The number of fused-ring (bicyclic) bond motifs is 8. The van der Waals surface area contributed by atoms with Gasteiger partial charge in [0.1, 0.15) is 23.0 Å². The first kappa shape index (κ1) is 26.8. The lowest BCUT2D eigenvalue weighted by molar-refractivity contribution is 0.112. The number of ether oxygens (including phenoxy) is 4. The van der Waals surface area contributed by atoms with Crippen LogP contribution in [0.2, 0.25) is 0 Å². The summed E-state index contributed by atoms with van der Waals surface area (Å²) in [6.07, 6.45) is 5.19. The molecule has 5 aromatic carbocycles. The summed E-state index contributed by atoms with van der Waals surface area (Å²) >= 11 is 0.